The summed E-state index contributed by atoms with van der Waals surface area (Å²) in [6, 6.07) is 15.8. The molecule has 2 aliphatic rings. The molecule has 2 aliphatic heterocycles. The SMILES string of the molecule is CN1CCN(c2cc3c(cc2Cl)CCN3C(=O)Nc2ccc(-c3cccnc3)cc2)CC1. The number of pyridine rings is 1. The second-order valence-corrected chi connectivity index (χ2v) is 8.78. The van der Waals surface area contributed by atoms with Gasteiger partial charge >= 0.3 is 6.03 Å². The number of carbonyl (C=O) groups excluding carboxylic acids is 1. The van der Waals surface area contributed by atoms with Crippen molar-refractivity contribution in [3.05, 3.63) is 71.5 Å². The number of likely N-dealkylation sites (N-methyl/N-ethyl adjacent to an activating group) is 1. The predicted octanol–water partition coefficient (Wildman–Crippen LogP) is 4.75. The van der Waals surface area contributed by atoms with E-state index in [1.165, 1.54) is 0 Å². The maximum Gasteiger partial charge on any atom is 0.326 e. The van der Waals surface area contributed by atoms with Crippen molar-refractivity contribution < 1.29 is 4.79 Å². The van der Waals surface area contributed by atoms with Gasteiger partial charge in [-0.3, -0.25) is 9.88 Å². The lowest BCUT2D eigenvalue weighted by Crippen LogP contribution is -2.44. The zero-order valence-electron chi connectivity index (χ0n) is 18.1. The fraction of sp³-hybridized carbons (Fsp3) is 0.280. The fourth-order valence-electron chi connectivity index (χ4n) is 4.37. The van der Waals surface area contributed by atoms with Crippen LogP contribution in [0.3, 0.4) is 0 Å². The first-order valence-corrected chi connectivity index (χ1v) is 11.3. The molecule has 0 saturated carbocycles. The van der Waals surface area contributed by atoms with E-state index in [0.29, 0.717) is 6.54 Å². The third-order valence-electron chi connectivity index (χ3n) is 6.26. The number of rotatable bonds is 3. The number of piperazine rings is 1. The maximum atomic E-state index is 13.1. The summed E-state index contributed by atoms with van der Waals surface area (Å²) >= 11 is 6.62. The summed E-state index contributed by atoms with van der Waals surface area (Å²) in [6.07, 6.45) is 4.40. The number of anilines is 3. The van der Waals surface area contributed by atoms with Gasteiger partial charge in [-0.2, -0.15) is 0 Å². The maximum absolute atomic E-state index is 13.1. The number of urea groups is 1. The van der Waals surface area contributed by atoms with Crippen LogP contribution < -0.4 is 15.1 Å². The minimum atomic E-state index is -0.121. The highest BCUT2D eigenvalue weighted by atomic mass is 35.5. The Morgan fingerprint density at radius 1 is 0.969 bits per heavy atom. The molecule has 164 valence electrons. The molecule has 1 fully saturated rings. The van der Waals surface area contributed by atoms with Crippen LogP contribution in [0.15, 0.2) is 60.9 Å². The van der Waals surface area contributed by atoms with Crippen molar-refractivity contribution in [3.8, 4) is 11.1 Å². The number of nitrogens with zero attached hydrogens (tertiary/aromatic N) is 4. The highest BCUT2D eigenvalue weighted by Gasteiger charge is 2.28. The standard InChI is InChI=1S/C25H26ClN5O/c1-29-11-13-30(14-12-29)24-16-23-19(15-22(24)26)8-10-31(23)25(32)28-21-6-4-18(5-7-21)20-3-2-9-27-17-20/h2-7,9,15-17H,8,10-14H2,1H3,(H,28,32). The second-order valence-electron chi connectivity index (χ2n) is 8.37. The summed E-state index contributed by atoms with van der Waals surface area (Å²) in [5.74, 6) is 0. The Hall–Kier alpha value is -3.09. The van der Waals surface area contributed by atoms with Gasteiger partial charge in [0.25, 0.3) is 0 Å². The molecule has 5 rings (SSSR count). The van der Waals surface area contributed by atoms with Gasteiger partial charge in [-0.05, 0) is 60.5 Å². The van der Waals surface area contributed by atoms with Gasteiger partial charge in [0.05, 0.1) is 16.4 Å². The first kappa shape index (κ1) is 20.8. The van der Waals surface area contributed by atoms with Gasteiger partial charge in [-0.15, -0.1) is 0 Å². The molecule has 1 aromatic heterocycles. The number of carbonyl (C=O) groups is 1. The van der Waals surface area contributed by atoms with Crippen LogP contribution in [0.25, 0.3) is 11.1 Å². The highest BCUT2D eigenvalue weighted by molar-refractivity contribution is 6.33. The van der Waals surface area contributed by atoms with Gasteiger partial charge in [-0.1, -0.05) is 29.8 Å². The molecule has 6 nitrogen and oxygen atoms in total. The number of benzene rings is 2. The number of amides is 2. The van der Waals surface area contributed by atoms with Gasteiger partial charge in [0, 0.05) is 50.8 Å². The lowest BCUT2D eigenvalue weighted by atomic mass is 10.1. The molecule has 1 N–H and O–H groups in total. The van der Waals surface area contributed by atoms with E-state index < -0.39 is 0 Å². The fourth-order valence-corrected chi connectivity index (χ4v) is 4.67. The summed E-state index contributed by atoms with van der Waals surface area (Å²) in [6.45, 7) is 4.53. The van der Waals surface area contributed by atoms with Gasteiger partial charge in [-0.25, -0.2) is 4.79 Å². The largest absolute Gasteiger partial charge is 0.368 e. The molecule has 2 amide bonds. The zero-order valence-corrected chi connectivity index (χ0v) is 18.8. The van der Waals surface area contributed by atoms with Gasteiger partial charge in [0.2, 0.25) is 0 Å². The van der Waals surface area contributed by atoms with Crippen LogP contribution in [0.4, 0.5) is 21.9 Å². The molecule has 0 bridgehead atoms. The van der Waals surface area contributed by atoms with Gasteiger partial charge < -0.3 is 15.1 Å². The Balaban J connectivity index is 1.32. The topological polar surface area (TPSA) is 51.7 Å². The van der Waals surface area contributed by atoms with Crippen molar-refractivity contribution in [2.24, 2.45) is 0 Å². The Morgan fingerprint density at radius 3 is 2.47 bits per heavy atom. The molecule has 7 heteroatoms. The number of fused-ring (bicyclic) bond motifs is 1. The lowest BCUT2D eigenvalue weighted by molar-refractivity contribution is 0.257. The molecule has 0 aliphatic carbocycles. The number of hydrogen-bond donors (Lipinski definition) is 1. The number of hydrogen-bond acceptors (Lipinski definition) is 4. The molecule has 0 spiro atoms. The zero-order chi connectivity index (χ0) is 22.1. The van der Waals surface area contributed by atoms with Crippen LogP contribution in [0.1, 0.15) is 5.56 Å². The smallest absolute Gasteiger partial charge is 0.326 e. The quantitative estimate of drug-likeness (QED) is 0.629. The van der Waals surface area contributed by atoms with E-state index >= 15 is 0 Å². The Morgan fingerprint density at radius 2 is 1.75 bits per heavy atom. The molecule has 32 heavy (non-hydrogen) atoms. The second kappa shape index (κ2) is 8.81. The van der Waals surface area contributed by atoms with E-state index in [9.17, 15) is 4.79 Å². The highest BCUT2D eigenvalue weighted by Crippen LogP contribution is 2.38. The molecule has 2 aromatic carbocycles. The van der Waals surface area contributed by atoms with Crippen LogP contribution in [0, 0.1) is 0 Å². The summed E-state index contributed by atoms with van der Waals surface area (Å²) < 4.78 is 0. The summed E-state index contributed by atoms with van der Waals surface area (Å²) in [4.78, 5) is 23.7. The third kappa shape index (κ3) is 4.16. The number of nitrogens with one attached hydrogen (secondary N) is 1. The normalized spacial score (nSPS) is 16.2. The van der Waals surface area contributed by atoms with Crippen LogP contribution in [0.2, 0.25) is 5.02 Å². The van der Waals surface area contributed by atoms with Crippen molar-refractivity contribution in [3.63, 3.8) is 0 Å². The molecular weight excluding hydrogens is 422 g/mol. The van der Waals surface area contributed by atoms with Crippen LogP contribution in [0.5, 0.6) is 0 Å². The van der Waals surface area contributed by atoms with E-state index in [0.717, 1.165) is 71.4 Å². The molecule has 3 heterocycles. The van der Waals surface area contributed by atoms with Crippen molar-refractivity contribution in [2.75, 3.05) is 54.9 Å². The van der Waals surface area contributed by atoms with E-state index in [-0.39, 0.29) is 6.03 Å². The van der Waals surface area contributed by atoms with Gasteiger partial charge in [0.1, 0.15) is 0 Å². The van der Waals surface area contributed by atoms with Crippen LogP contribution in [-0.2, 0) is 6.42 Å². The summed E-state index contributed by atoms with van der Waals surface area (Å²) in [7, 11) is 2.14. The van der Waals surface area contributed by atoms with Crippen molar-refractivity contribution >= 4 is 34.7 Å². The Labute approximate surface area is 193 Å². The Kier molecular flexibility index (Phi) is 5.72. The van der Waals surface area contributed by atoms with E-state index in [2.05, 4.69) is 33.2 Å². The molecule has 1 saturated heterocycles. The van der Waals surface area contributed by atoms with E-state index in [1.807, 2.05) is 53.6 Å². The number of aromatic nitrogens is 1. The number of halogens is 1. The molecule has 3 aromatic rings. The van der Waals surface area contributed by atoms with Gasteiger partial charge in [0.15, 0.2) is 0 Å². The summed E-state index contributed by atoms with van der Waals surface area (Å²) in [5, 5.41) is 3.81. The van der Waals surface area contributed by atoms with Crippen LogP contribution in [-0.4, -0.2) is 55.7 Å². The van der Waals surface area contributed by atoms with Crippen molar-refractivity contribution in [1.82, 2.24) is 9.88 Å². The summed E-state index contributed by atoms with van der Waals surface area (Å²) in [5.41, 5.74) is 5.97. The van der Waals surface area contributed by atoms with Crippen LogP contribution >= 0.6 is 11.6 Å². The average Bonchev–Trinajstić information content (AvgIpc) is 3.23. The minimum absolute atomic E-state index is 0.121. The molecule has 0 atom stereocenters. The van der Waals surface area contributed by atoms with E-state index in [1.54, 1.807) is 6.20 Å². The molecule has 0 unspecified atom stereocenters. The van der Waals surface area contributed by atoms with Crippen molar-refractivity contribution in [1.29, 1.82) is 0 Å². The van der Waals surface area contributed by atoms with Crippen molar-refractivity contribution in [2.45, 2.75) is 6.42 Å². The average molecular weight is 448 g/mol. The first-order chi connectivity index (χ1) is 15.6. The van der Waals surface area contributed by atoms with E-state index in [4.69, 9.17) is 11.6 Å². The predicted molar refractivity (Wildman–Crippen MR) is 131 cm³/mol. The monoisotopic (exact) mass is 447 g/mol. The molecular formula is C25H26ClN5O. The Bertz CT molecular complexity index is 1110. The third-order valence-corrected chi connectivity index (χ3v) is 6.57. The minimum Gasteiger partial charge on any atom is -0.368 e. The molecule has 0 radical (unpaired) electrons. The first-order valence-electron chi connectivity index (χ1n) is 10.9. The lowest BCUT2D eigenvalue weighted by Gasteiger charge is -2.35.